The molecule has 0 radical (unpaired) electrons. The summed E-state index contributed by atoms with van der Waals surface area (Å²) in [4.78, 5) is 22.9. The average molecular weight is 320 g/mol. The molecule has 0 heterocycles. The highest BCUT2D eigenvalue weighted by Gasteiger charge is 2.30. The van der Waals surface area contributed by atoms with Crippen LogP contribution >= 0.6 is 0 Å². The molecule has 1 aromatic rings. The van der Waals surface area contributed by atoms with Crippen molar-refractivity contribution in [1.29, 1.82) is 0 Å². The number of carboxylic acids is 1. The van der Waals surface area contributed by atoms with Crippen molar-refractivity contribution in [2.24, 2.45) is 0 Å². The molecule has 1 unspecified atom stereocenters. The number of hydrogen-bond donors (Lipinski definition) is 4. The lowest BCUT2D eigenvalue weighted by atomic mass is 9.96. The van der Waals surface area contributed by atoms with Crippen LogP contribution in [0, 0.1) is 0 Å². The first-order valence-electron chi connectivity index (χ1n) is 7.42. The van der Waals surface area contributed by atoms with E-state index in [4.69, 9.17) is 5.11 Å². The fourth-order valence-electron chi connectivity index (χ4n) is 2.06. The molecule has 0 aromatic heterocycles. The Labute approximate surface area is 136 Å². The van der Waals surface area contributed by atoms with Gasteiger partial charge in [-0.05, 0) is 30.4 Å². The second-order valence-electron chi connectivity index (χ2n) is 5.92. The van der Waals surface area contributed by atoms with Crippen molar-refractivity contribution in [1.82, 2.24) is 5.32 Å². The number of carboxylic acid groups (broad SMARTS) is 1. The van der Waals surface area contributed by atoms with Gasteiger partial charge in [-0.1, -0.05) is 38.1 Å². The van der Waals surface area contributed by atoms with E-state index in [9.17, 15) is 14.7 Å². The molecule has 23 heavy (non-hydrogen) atoms. The van der Waals surface area contributed by atoms with E-state index in [0.29, 0.717) is 12.1 Å². The summed E-state index contributed by atoms with van der Waals surface area (Å²) in [5.41, 5.74) is 0.574. The number of aliphatic hydroxyl groups is 1. The highest BCUT2D eigenvalue weighted by molar-refractivity contribution is 5.91. The van der Waals surface area contributed by atoms with Crippen LogP contribution < -0.4 is 10.6 Å². The van der Waals surface area contributed by atoms with Crippen LogP contribution in [0.4, 0.5) is 10.5 Å². The molecule has 4 N–H and O–H groups in total. The quantitative estimate of drug-likeness (QED) is 0.580. The van der Waals surface area contributed by atoms with Crippen LogP contribution in [-0.2, 0) is 11.2 Å². The summed E-state index contributed by atoms with van der Waals surface area (Å²) in [6.07, 6.45) is 2.35. The SMILES string of the molecule is C=CCc1cccc(C(C)C)c1NC(=O)NCC(C)(O)C(=O)O. The van der Waals surface area contributed by atoms with Gasteiger partial charge in [0.1, 0.15) is 0 Å². The Morgan fingerprint density at radius 1 is 1.39 bits per heavy atom. The van der Waals surface area contributed by atoms with Crippen molar-refractivity contribution >= 4 is 17.7 Å². The van der Waals surface area contributed by atoms with Crippen LogP contribution in [0.5, 0.6) is 0 Å². The number of aliphatic carboxylic acids is 1. The van der Waals surface area contributed by atoms with Crippen molar-refractivity contribution in [2.45, 2.75) is 38.7 Å². The molecule has 1 aromatic carbocycles. The van der Waals surface area contributed by atoms with Crippen LogP contribution in [0.1, 0.15) is 37.8 Å². The van der Waals surface area contributed by atoms with Crippen LogP contribution in [0.25, 0.3) is 0 Å². The van der Waals surface area contributed by atoms with E-state index in [1.54, 1.807) is 6.08 Å². The Hall–Kier alpha value is -2.34. The third-order valence-corrected chi connectivity index (χ3v) is 3.46. The molecule has 126 valence electrons. The Balaban J connectivity index is 2.92. The van der Waals surface area contributed by atoms with E-state index >= 15 is 0 Å². The number of amides is 2. The van der Waals surface area contributed by atoms with E-state index in [1.165, 1.54) is 0 Å². The lowest BCUT2D eigenvalue weighted by molar-refractivity contribution is -0.155. The van der Waals surface area contributed by atoms with E-state index in [0.717, 1.165) is 18.1 Å². The molecule has 0 saturated heterocycles. The van der Waals surface area contributed by atoms with Gasteiger partial charge in [0.05, 0.1) is 6.54 Å². The normalized spacial score (nSPS) is 13.3. The minimum atomic E-state index is -2.02. The van der Waals surface area contributed by atoms with E-state index in [-0.39, 0.29) is 5.92 Å². The average Bonchev–Trinajstić information content (AvgIpc) is 2.46. The highest BCUT2D eigenvalue weighted by atomic mass is 16.4. The number of nitrogens with one attached hydrogen (secondary N) is 2. The molecule has 2 amide bonds. The summed E-state index contributed by atoms with van der Waals surface area (Å²) < 4.78 is 0. The fraction of sp³-hybridized carbons (Fsp3) is 0.412. The number of hydrogen-bond acceptors (Lipinski definition) is 3. The predicted molar refractivity (Wildman–Crippen MR) is 89.7 cm³/mol. The first kappa shape index (κ1) is 18.7. The summed E-state index contributed by atoms with van der Waals surface area (Å²) >= 11 is 0. The van der Waals surface area contributed by atoms with Crippen molar-refractivity contribution < 1.29 is 19.8 Å². The Morgan fingerprint density at radius 2 is 2.04 bits per heavy atom. The zero-order chi connectivity index (χ0) is 17.6. The number of carbonyl (C=O) groups is 2. The molecule has 0 spiro atoms. The Kier molecular flexibility index (Phi) is 6.33. The highest BCUT2D eigenvalue weighted by Crippen LogP contribution is 2.28. The number of carbonyl (C=O) groups excluding carboxylic acids is 1. The van der Waals surface area contributed by atoms with Crippen molar-refractivity contribution in [3.05, 3.63) is 42.0 Å². The van der Waals surface area contributed by atoms with Crippen LogP contribution in [-0.4, -0.2) is 34.4 Å². The lowest BCUT2D eigenvalue weighted by Gasteiger charge is -2.21. The molecule has 0 saturated carbocycles. The van der Waals surface area contributed by atoms with Gasteiger partial charge in [-0.25, -0.2) is 9.59 Å². The number of rotatable bonds is 7. The zero-order valence-corrected chi connectivity index (χ0v) is 13.7. The molecule has 0 bridgehead atoms. The molecule has 6 heteroatoms. The van der Waals surface area contributed by atoms with Gasteiger partial charge in [0.2, 0.25) is 0 Å². The maximum Gasteiger partial charge on any atom is 0.337 e. The number of urea groups is 1. The van der Waals surface area contributed by atoms with E-state index in [2.05, 4.69) is 17.2 Å². The fourth-order valence-corrected chi connectivity index (χ4v) is 2.06. The third kappa shape index (κ3) is 5.10. The first-order valence-corrected chi connectivity index (χ1v) is 7.42. The topological polar surface area (TPSA) is 98.7 Å². The summed E-state index contributed by atoms with van der Waals surface area (Å²) in [5, 5.41) is 23.6. The van der Waals surface area contributed by atoms with Crippen molar-refractivity contribution in [3.8, 4) is 0 Å². The second kappa shape index (κ2) is 7.78. The first-order chi connectivity index (χ1) is 10.7. The lowest BCUT2D eigenvalue weighted by Crippen LogP contribution is -2.47. The molecule has 1 rings (SSSR count). The van der Waals surface area contributed by atoms with E-state index in [1.807, 2.05) is 32.0 Å². The van der Waals surface area contributed by atoms with Gasteiger partial charge in [0, 0.05) is 5.69 Å². The molecular formula is C17H24N2O4. The number of para-hydroxylation sites is 1. The van der Waals surface area contributed by atoms with Gasteiger partial charge < -0.3 is 20.8 Å². The molecule has 6 nitrogen and oxygen atoms in total. The zero-order valence-electron chi connectivity index (χ0n) is 13.7. The third-order valence-electron chi connectivity index (χ3n) is 3.46. The smallest absolute Gasteiger partial charge is 0.337 e. The molecule has 0 aliphatic carbocycles. The molecule has 0 aliphatic heterocycles. The minimum Gasteiger partial charge on any atom is -0.479 e. The minimum absolute atomic E-state index is 0.206. The molecule has 0 aliphatic rings. The summed E-state index contributed by atoms with van der Waals surface area (Å²) in [6.45, 7) is 8.48. The second-order valence-corrected chi connectivity index (χ2v) is 5.92. The summed E-state index contributed by atoms with van der Waals surface area (Å²) in [5.74, 6) is -1.19. The summed E-state index contributed by atoms with van der Waals surface area (Å²) in [7, 11) is 0. The van der Waals surface area contributed by atoms with Crippen LogP contribution in [0.3, 0.4) is 0 Å². The van der Waals surface area contributed by atoms with Gasteiger partial charge in [-0.3, -0.25) is 0 Å². The van der Waals surface area contributed by atoms with Crippen LogP contribution in [0.2, 0.25) is 0 Å². The van der Waals surface area contributed by atoms with Gasteiger partial charge in [-0.15, -0.1) is 6.58 Å². The Morgan fingerprint density at radius 3 is 2.57 bits per heavy atom. The number of anilines is 1. The monoisotopic (exact) mass is 320 g/mol. The van der Waals surface area contributed by atoms with Gasteiger partial charge in [-0.2, -0.15) is 0 Å². The standard InChI is InChI=1S/C17H24N2O4/c1-5-7-12-8-6-9-13(11(2)3)14(12)19-16(22)18-10-17(4,23)15(20)21/h5-6,8-9,11,23H,1,7,10H2,2-4H3,(H,20,21)(H2,18,19,22). The van der Waals surface area contributed by atoms with Gasteiger partial charge in [0.15, 0.2) is 5.60 Å². The summed E-state index contributed by atoms with van der Waals surface area (Å²) in [6, 6.07) is 5.19. The van der Waals surface area contributed by atoms with E-state index < -0.39 is 24.1 Å². The largest absolute Gasteiger partial charge is 0.479 e. The Bertz CT molecular complexity index is 594. The number of benzene rings is 1. The predicted octanol–water partition coefficient (Wildman–Crippen LogP) is 2.50. The number of allylic oxidation sites excluding steroid dienone is 1. The molecular weight excluding hydrogens is 296 g/mol. The molecule has 1 atom stereocenters. The maximum atomic E-state index is 12.1. The van der Waals surface area contributed by atoms with Gasteiger partial charge in [0.25, 0.3) is 0 Å². The van der Waals surface area contributed by atoms with Crippen molar-refractivity contribution in [2.75, 3.05) is 11.9 Å². The van der Waals surface area contributed by atoms with Crippen LogP contribution in [0.15, 0.2) is 30.9 Å². The van der Waals surface area contributed by atoms with Crippen molar-refractivity contribution in [3.63, 3.8) is 0 Å². The molecule has 0 fully saturated rings. The van der Waals surface area contributed by atoms with Gasteiger partial charge >= 0.3 is 12.0 Å². The maximum absolute atomic E-state index is 12.1.